The Morgan fingerprint density at radius 1 is 1.36 bits per heavy atom. The van der Waals surface area contributed by atoms with Crippen LogP contribution in [0.2, 0.25) is 5.02 Å². The SMILES string of the molecule is COc1ccc(NC(=O)[C@H](C)N2C[C@H](C)C[C@H](C)C2)cc1Cl. The van der Waals surface area contributed by atoms with E-state index in [1.54, 1.807) is 25.3 Å². The van der Waals surface area contributed by atoms with Crippen LogP contribution in [-0.2, 0) is 4.79 Å². The second kappa shape index (κ2) is 7.34. The Bertz CT molecular complexity index is 525. The Morgan fingerprint density at radius 2 is 2.00 bits per heavy atom. The Morgan fingerprint density at radius 3 is 2.55 bits per heavy atom. The molecule has 2 rings (SSSR count). The van der Waals surface area contributed by atoms with Crippen LogP contribution in [0.15, 0.2) is 18.2 Å². The Balaban J connectivity index is 2.00. The van der Waals surface area contributed by atoms with E-state index in [0.29, 0.717) is 28.3 Å². The average Bonchev–Trinajstić information content (AvgIpc) is 2.45. The van der Waals surface area contributed by atoms with Gasteiger partial charge in [-0.2, -0.15) is 0 Å². The third-order valence-electron chi connectivity index (χ3n) is 4.24. The molecule has 1 aromatic carbocycles. The first-order chi connectivity index (χ1) is 10.4. The number of anilines is 1. The van der Waals surface area contributed by atoms with E-state index < -0.39 is 0 Å². The van der Waals surface area contributed by atoms with Crippen LogP contribution < -0.4 is 10.1 Å². The maximum Gasteiger partial charge on any atom is 0.241 e. The van der Waals surface area contributed by atoms with Crippen LogP contribution in [-0.4, -0.2) is 37.0 Å². The van der Waals surface area contributed by atoms with Gasteiger partial charge in [0.1, 0.15) is 5.75 Å². The molecule has 122 valence electrons. The average molecular weight is 325 g/mol. The van der Waals surface area contributed by atoms with Gasteiger partial charge in [0.2, 0.25) is 5.91 Å². The second-order valence-electron chi connectivity index (χ2n) is 6.41. The Hall–Kier alpha value is -1.26. The fourth-order valence-electron chi connectivity index (χ4n) is 3.18. The molecule has 0 unspecified atom stereocenters. The molecule has 0 aromatic heterocycles. The van der Waals surface area contributed by atoms with Crippen molar-refractivity contribution in [1.82, 2.24) is 4.90 Å². The van der Waals surface area contributed by atoms with Crippen LogP contribution >= 0.6 is 11.6 Å². The van der Waals surface area contributed by atoms with E-state index in [9.17, 15) is 4.79 Å². The number of ether oxygens (including phenoxy) is 1. The monoisotopic (exact) mass is 324 g/mol. The number of carbonyl (C=O) groups excluding carboxylic acids is 1. The highest BCUT2D eigenvalue weighted by Gasteiger charge is 2.28. The van der Waals surface area contributed by atoms with Crippen molar-refractivity contribution in [2.75, 3.05) is 25.5 Å². The predicted octanol–water partition coefficient (Wildman–Crippen LogP) is 3.65. The van der Waals surface area contributed by atoms with E-state index in [1.165, 1.54) is 6.42 Å². The van der Waals surface area contributed by atoms with Crippen molar-refractivity contribution >= 4 is 23.2 Å². The lowest BCUT2D eigenvalue weighted by Gasteiger charge is -2.38. The van der Waals surface area contributed by atoms with Crippen molar-refractivity contribution in [2.45, 2.75) is 33.2 Å². The van der Waals surface area contributed by atoms with E-state index in [2.05, 4.69) is 24.1 Å². The highest BCUT2D eigenvalue weighted by Crippen LogP contribution is 2.28. The molecule has 0 saturated carbocycles. The number of carbonyl (C=O) groups is 1. The number of halogens is 1. The molecule has 1 amide bonds. The summed E-state index contributed by atoms with van der Waals surface area (Å²) in [4.78, 5) is 14.7. The van der Waals surface area contributed by atoms with Crippen molar-refractivity contribution in [1.29, 1.82) is 0 Å². The van der Waals surface area contributed by atoms with Gasteiger partial charge in [-0.15, -0.1) is 0 Å². The van der Waals surface area contributed by atoms with E-state index in [4.69, 9.17) is 16.3 Å². The van der Waals surface area contributed by atoms with E-state index in [1.807, 2.05) is 6.92 Å². The smallest absolute Gasteiger partial charge is 0.241 e. The minimum Gasteiger partial charge on any atom is -0.495 e. The third kappa shape index (κ3) is 4.14. The number of hydrogen-bond donors (Lipinski definition) is 1. The van der Waals surface area contributed by atoms with Gasteiger partial charge in [-0.05, 0) is 43.4 Å². The lowest BCUT2D eigenvalue weighted by atomic mass is 9.91. The lowest BCUT2D eigenvalue weighted by molar-refractivity contribution is -0.121. The van der Waals surface area contributed by atoms with Crippen LogP contribution in [0.25, 0.3) is 0 Å². The molecule has 1 heterocycles. The zero-order valence-corrected chi connectivity index (χ0v) is 14.5. The summed E-state index contributed by atoms with van der Waals surface area (Å²) in [5, 5.41) is 3.43. The third-order valence-corrected chi connectivity index (χ3v) is 4.54. The van der Waals surface area contributed by atoms with Gasteiger partial charge in [0.15, 0.2) is 0 Å². The van der Waals surface area contributed by atoms with Gasteiger partial charge < -0.3 is 10.1 Å². The van der Waals surface area contributed by atoms with Crippen molar-refractivity contribution in [2.24, 2.45) is 11.8 Å². The van der Waals surface area contributed by atoms with Crippen molar-refractivity contribution in [3.63, 3.8) is 0 Å². The van der Waals surface area contributed by atoms with Crippen LogP contribution in [0.4, 0.5) is 5.69 Å². The summed E-state index contributed by atoms with van der Waals surface area (Å²) in [7, 11) is 1.57. The normalized spacial score (nSPS) is 23.9. The Kier molecular flexibility index (Phi) is 5.70. The summed E-state index contributed by atoms with van der Waals surface area (Å²) in [6.07, 6.45) is 1.24. The molecule has 5 heteroatoms. The first-order valence-electron chi connectivity index (χ1n) is 7.79. The molecular formula is C17H25ClN2O2. The van der Waals surface area contributed by atoms with E-state index in [-0.39, 0.29) is 11.9 Å². The number of hydrogen-bond acceptors (Lipinski definition) is 3. The number of nitrogens with zero attached hydrogens (tertiary/aromatic N) is 1. The van der Waals surface area contributed by atoms with Crippen molar-refractivity contribution in [3.8, 4) is 5.75 Å². The molecule has 1 fully saturated rings. The summed E-state index contributed by atoms with van der Waals surface area (Å²) in [5.41, 5.74) is 0.695. The number of likely N-dealkylation sites (tertiary alicyclic amines) is 1. The first kappa shape index (κ1) is 17.1. The molecule has 1 aliphatic heterocycles. The summed E-state index contributed by atoms with van der Waals surface area (Å²) in [6.45, 7) is 8.41. The fraction of sp³-hybridized carbons (Fsp3) is 0.588. The topological polar surface area (TPSA) is 41.6 Å². The minimum atomic E-state index is -0.147. The summed E-state index contributed by atoms with van der Waals surface area (Å²) in [5.74, 6) is 1.87. The maximum atomic E-state index is 12.5. The molecule has 1 aromatic rings. The molecule has 1 aliphatic rings. The number of methoxy groups -OCH3 is 1. The van der Waals surface area contributed by atoms with Crippen LogP contribution in [0.3, 0.4) is 0 Å². The minimum absolute atomic E-state index is 0.00235. The van der Waals surface area contributed by atoms with Gasteiger partial charge in [-0.25, -0.2) is 0 Å². The Labute approximate surface area is 137 Å². The number of rotatable bonds is 4. The predicted molar refractivity (Wildman–Crippen MR) is 90.6 cm³/mol. The standard InChI is InChI=1S/C17H25ClN2O2/c1-11-7-12(2)10-20(9-11)13(3)17(21)19-14-5-6-16(22-4)15(18)8-14/h5-6,8,11-13H,7,9-10H2,1-4H3,(H,19,21)/t11-,12+,13-/m0/s1. The quantitative estimate of drug-likeness (QED) is 0.919. The van der Waals surface area contributed by atoms with E-state index >= 15 is 0 Å². The molecule has 4 nitrogen and oxygen atoms in total. The van der Waals surface area contributed by atoms with Gasteiger partial charge in [-0.1, -0.05) is 25.4 Å². The molecule has 0 spiro atoms. The molecule has 1 N–H and O–H groups in total. The molecule has 0 radical (unpaired) electrons. The molecule has 3 atom stereocenters. The van der Waals surface area contributed by atoms with Crippen LogP contribution in [0.5, 0.6) is 5.75 Å². The molecule has 0 aliphatic carbocycles. The van der Waals surface area contributed by atoms with Gasteiger partial charge in [0, 0.05) is 18.8 Å². The zero-order chi connectivity index (χ0) is 16.3. The lowest BCUT2D eigenvalue weighted by Crippen LogP contribution is -2.48. The van der Waals surface area contributed by atoms with Crippen molar-refractivity contribution < 1.29 is 9.53 Å². The number of nitrogens with one attached hydrogen (secondary N) is 1. The molecule has 22 heavy (non-hydrogen) atoms. The highest BCUT2D eigenvalue weighted by molar-refractivity contribution is 6.32. The largest absolute Gasteiger partial charge is 0.495 e. The number of benzene rings is 1. The zero-order valence-electron chi connectivity index (χ0n) is 13.7. The van der Waals surface area contributed by atoms with Crippen LogP contribution in [0, 0.1) is 11.8 Å². The first-order valence-corrected chi connectivity index (χ1v) is 8.17. The number of piperidine rings is 1. The maximum absolute atomic E-state index is 12.5. The van der Waals surface area contributed by atoms with Gasteiger partial charge in [-0.3, -0.25) is 9.69 Å². The molecule has 1 saturated heterocycles. The second-order valence-corrected chi connectivity index (χ2v) is 6.82. The highest BCUT2D eigenvalue weighted by atomic mass is 35.5. The van der Waals surface area contributed by atoms with Crippen molar-refractivity contribution in [3.05, 3.63) is 23.2 Å². The number of amides is 1. The molecule has 0 bridgehead atoms. The van der Waals surface area contributed by atoms with Gasteiger partial charge >= 0.3 is 0 Å². The van der Waals surface area contributed by atoms with Gasteiger partial charge in [0.05, 0.1) is 18.2 Å². The van der Waals surface area contributed by atoms with Crippen LogP contribution in [0.1, 0.15) is 27.2 Å². The summed E-state index contributed by atoms with van der Waals surface area (Å²) < 4.78 is 5.12. The molecular weight excluding hydrogens is 300 g/mol. The fourth-order valence-corrected chi connectivity index (χ4v) is 3.44. The summed E-state index contributed by atoms with van der Waals surface area (Å²) >= 11 is 6.09. The van der Waals surface area contributed by atoms with E-state index in [0.717, 1.165) is 13.1 Å². The summed E-state index contributed by atoms with van der Waals surface area (Å²) in [6, 6.07) is 5.13. The van der Waals surface area contributed by atoms with Gasteiger partial charge in [0.25, 0.3) is 0 Å².